The van der Waals surface area contributed by atoms with E-state index in [1.54, 1.807) is 18.2 Å². The van der Waals surface area contributed by atoms with Gasteiger partial charge in [0.15, 0.2) is 0 Å². The number of para-hydroxylation sites is 2. The number of nitrogens with zero attached hydrogens (tertiary/aromatic N) is 1. The van der Waals surface area contributed by atoms with Crippen molar-refractivity contribution in [3.63, 3.8) is 0 Å². The van der Waals surface area contributed by atoms with E-state index in [2.05, 4.69) is 20.8 Å². The number of aromatic amines is 1. The van der Waals surface area contributed by atoms with Crippen molar-refractivity contribution in [1.29, 1.82) is 0 Å². The van der Waals surface area contributed by atoms with Gasteiger partial charge in [-0.25, -0.2) is 4.79 Å². The van der Waals surface area contributed by atoms with Gasteiger partial charge in [0.05, 0.1) is 24.6 Å². The molecule has 0 fully saturated rings. The number of hydrogen-bond donors (Lipinski definition) is 4. The molecule has 20 heavy (non-hydrogen) atoms. The number of rotatable bonds is 4. The normalized spacial score (nSPS) is 9.85. The van der Waals surface area contributed by atoms with Crippen molar-refractivity contribution >= 4 is 34.7 Å². The van der Waals surface area contributed by atoms with Crippen molar-refractivity contribution < 1.29 is 9.53 Å². The molecule has 1 aromatic heterocycles. The van der Waals surface area contributed by atoms with Gasteiger partial charge < -0.3 is 15.8 Å². The van der Waals surface area contributed by atoms with Crippen LogP contribution in [0.15, 0.2) is 30.5 Å². The highest BCUT2D eigenvalue weighted by Gasteiger charge is 2.12. The fraction of sp³-hybridized carbons (Fsp3) is 0.0833. The molecule has 5 N–H and O–H groups in total. The minimum absolute atomic E-state index is 0.145. The van der Waals surface area contributed by atoms with Gasteiger partial charge in [-0.05, 0) is 12.1 Å². The van der Waals surface area contributed by atoms with E-state index in [1.807, 2.05) is 6.07 Å². The molecule has 104 valence electrons. The lowest BCUT2D eigenvalue weighted by atomic mass is 10.3. The fourth-order valence-electron chi connectivity index (χ4n) is 1.58. The molecule has 2 rings (SSSR count). The number of H-pyrrole nitrogens is 1. The summed E-state index contributed by atoms with van der Waals surface area (Å²) in [6, 6.07) is 6.60. The summed E-state index contributed by atoms with van der Waals surface area (Å²) in [6.07, 6.45) is 1.45. The molecule has 0 aliphatic carbocycles. The number of aromatic nitrogens is 2. The number of amides is 2. The van der Waals surface area contributed by atoms with Crippen LogP contribution in [0.3, 0.4) is 0 Å². The lowest BCUT2D eigenvalue weighted by molar-refractivity contribution is 0.262. The zero-order valence-corrected chi connectivity index (χ0v) is 11.5. The van der Waals surface area contributed by atoms with E-state index in [9.17, 15) is 4.79 Å². The smallest absolute Gasteiger partial charge is 0.324 e. The van der Waals surface area contributed by atoms with E-state index in [0.717, 1.165) is 0 Å². The molecule has 7 nitrogen and oxygen atoms in total. The second-order valence-corrected chi connectivity index (χ2v) is 4.24. The number of hydrogen-bond acceptors (Lipinski definition) is 4. The Labute approximate surface area is 120 Å². The molecule has 0 aliphatic rings. The summed E-state index contributed by atoms with van der Waals surface area (Å²) in [5, 5.41) is 11.6. The maximum Gasteiger partial charge on any atom is 0.324 e. The summed E-state index contributed by atoms with van der Waals surface area (Å²) in [5.41, 5.74) is 6.53. The standard InChI is InChI=1S/C12H13N5O2S/c1-19-9-5-3-2-4-8(9)15-12(18)16-11-7(10(13)20)6-14-17-11/h2-6H,1H3,(H2,13,20)(H3,14,15,16,17,18). The maximum absolute atomic E-state index is 11.9. The number of nitrogens with two attached hydrogens (primary N) is 1. The highest BCUT2D eigenvalue weighted by atomic mass is 32.1. The lowest BCUT2D eigenvalue weighted by Gasteiger charge is -2.10. The summed E-state index contributed by atoms with van der Waals surface area (Å²) in [5.74, 6) is 0.895. The lowest BCUT2D eigenvalue weighted by Crippen LogP contribution is -2.22. The van der Waals surface area contributed by atoms with E-state index in [1.165, 1.54) is 13.3 Å². The average Bonchev–Trinajstić information content (AvgIpc) is 2.87. The molecule has 2 aromatic rings. The highest BCUT2D eigenvalue weighted by Crippen LogP contribution is 2.23. The molecule has 0 spiro atoms. The van der Waals surface area contributed by atoms with Gasteiger partial charge in [0.1, 0.15) is 16.6 Å². The van der Waals surface area contributed by atoms with Crippen LogP contribution in [-0.4, -0.2) is 28.3 Å². The Balaban J connectivity index is 2.09. The van der Waals surface area contributed by atoms with Crippen molar-refractivity contribution in [2.24, 2.45) is 5.73 Å². The number of methoxy groups -OCH3 is 1. The summed E-state index contributed by atoms with van der Waals surface area (Å²) in [4.78, 5) is 12.1. The van der Waals surface area contributed by atoms with E-state index in [-0.39, 0.29) is 4.99 Å². The van der Waals surface area contributed by atoms with Crippen LogP contribution in [0.4, 0.5) is 16.3 Å². The SMILES string of the molecule is COc1ccccc1NC(=O)Nc1[nH]ncc1C(N)=S. The minimum Gasteiger partial charge on any atom is -0.495 e. The van der Waals surface area contributed by atoms with Crippen molar-refractivity contribution in [3.05, 3.63) is 36.0 Å². The molecule has 1 heterocycles. The van der Waals surface area contributed by atoms with Gasteiger partial charge in [-0.1, -0.05) is 24.4 Å². The van der Waals surface area contributed by atoms with Crippen LogP contribution in [0.5, 0.6) is 5.75 Å². The third-order valence-corrected chi connectivity index (χ3v) is 2.72. The predicted octanol–water partition coefficient (Wildman–Crippen LogP) is 1.70. The molecule has 8 heteroatoms. The molecule has 2 amide bonds. The first-order chi connectivity index (χ1) is 9.61. The zero-order chi connectivity index (χ0) is 14.5. The van der Waals surface area contributed by atoms with E-state index in [0.29, 0.717) is 22.8 Å². The molecule has 0 bridgehead atoms. The molecular formula is C12H13N5O2S. The molecule has 0 unspecified atom stereocenters. The first kappa shape index (κ1) is 13.8. The van der Waals surface area contributed by atoms with Crippen LogP contribution in [0, 0.1) is 0 Å². The number of ether oxygens (including phenoxy) is 1. The number of anilines is 2. The number of urea groups is 1. The number of nitrogens with one attached hydrogen (secondary N) is 3. The van der Waals surface area contributed by atoms with E-state index in [4.69, 9.17) is 22.7 Å². The predicted molar refractivity (Wildman–Crippen MR) is 80.1 cm³/mol. The Hall–Kier alpha value is -2.61. The van der Waals surface area contributed by atoms with Crippen LogP contribution < -0.4 is 21.1 Å². The number of benzene rings is 1. The van der Waals surface area contributed by atoms with Gasteiger partial charge in [-0.15, -0.1) is 0 Å². The molecule has 0 saturated heterocycles. The molecule has 0 aliphatic heterocycles. The van der Waals surface area contributed by atoms with E-state index >= 15 is 0 Å². The van der Waals surface area contributed by atoms with Crippen molar-refractivity contribution in [2.45, 2.75) is 0 Å². The van der Waals surface area contributed by atoms with Crippen LogP contribution in [0.1, 0.15) is 5.56 Å². The summed E-state index contributed by atoms with van der Waals surface area (Å²) in [7, 11) is 1.53. The van der Waals surface area contributed by atoms with Crippen molar-refractivity contribution in [3.8, 4) is 5.75 Å². The average molecular weight is 291 g/mol. The van der Waals surface area contributed by atoms with Crippen LogP contribution >= 0.6 is 12.2 Å². The number of carbonyl (C=O) groups is 1. The Bertz CT molecular complexity index is 640. The number of thiocarbonyl (C=S) groups is 1. The highest BCUT2D eigenvalue weighted by molar-refractivity contribution is 7.80. The second kappa shape index (κ2) is 6.02. The Morgan fingerprint density at radius 3 is 2.85 bits per heavy atom. The monoisotopic (exact) mass is 291 g/mol. The van der Waals surface area contributed by atoms with Gasteiger partial charge in [-0.3, -0.25) is 10.4 Å². The van der Waals surface area contributed by atoms with Crippen molar-refractivity contribution in [1.82, 2.24) is 10.2 Å². The van der Waals surface area contributed by atoms with Crippen LogP contribution in [-0.2, 0) is 0 Å². The Morgan fingerprint density at radius 1 is 1.40 bits per heavy atom. The second-order valence-electron chi connectivity index (χ2n) is 3.80. The van der Waals surface area contributed by atoms with E-state index < -0.39 is 6.03 Å². The quantitative estimate of drug-likeness (QED) is 0.642. The minimum atomic E-state index is -0.462. The summed E-state index contributed by atoms with van der Waals surface area (Å²) < 4.78 is 5.14. The molecular weight excluding hydrogens is 278 g/mol. The Kier molecular flexibility index (Phi) is 4.16. The Morgan fingerprint density at radius 2 is 2.15 bits per heavy atom. The maximum atomic E-state index is 11.9. The number of carbonyl (C=O) groups excluding carboxylic acids is 1. The first-order valence-electron chi connectivity index (χ1n) is 5.66. The molecule has 0 radical (unpaired) electrons. The van der Waals surface area contributed by atoms with Gasteiger partial charge in [-0.2, -0.15) is 5.10 Å². The third-order valence-electron chi connectivity index (χ3n) is 2.50. The first-order valence-corrected chi connectivity index (χ1v) is 6.07. The fourth-order valence-corrected chi connectivity index (χ4v) is 1.74. The van der Waals surface area contributed by atoms with Gasteiger partial charge >= 0.3 is 6.03 Å². The largest absolute Gasteiger partial charge is 0.495 e. The third kappa shape index (κ3) is 3.04. The zero-order valence-electron chi connectivity index (χ0n) is 10.6. The topological polar surface area (TPSA) is 105 Å². The summed E-state index contributed by atoms with van der Waals surface area (Å²) in [6.45, 7) is 0. The van der Waals surface area contributed by atoms with Gasteiger partial charge in [0, 0.05) is 0 Å². The molecule has 1 aromatic carbocycles. The van der Waals surface area contributed by atoms with Crippen molar-refractivity contribution in [2.75, 3.05) is 17.7 Å². The summed E-state index contributed by atoms with van der Waals surface area (Å²) >= 11 is 4.85. The van der Waals surface area contributed by atoms with Crippen LogP contribution in [0.2, 0.25) is 0 Å². The molecule has 0 atom stereocenters. The molecule has 0 saturated carbocycles. The van der Waals surface area contributed by atoms with Gasteiger partial charge in [0.25, 0.3) is 0 Å². The van der Waals surface area contributed by atoms with Gasteiger partial charge in [0.2, 0.25) is 0 Å². The van der Waals surface area contributed by atoms with Crippen LogP contribution in [0.25, 0.3) is 0 Å².